The first kappa shape index (κ1) is 13.4. The summed E-state index contributed by atoms with van der Waals surface area (Å²) in [5.41, 5.74) is 0.354. The summed E-state index contributed by atoms with van der Waals surface area (Å²) in [5.74, 6) is -1.51. The average Bonchev–Trinajstić information content (AvgIpc) is 2.36. The monoisotopic (exact) mass is 264 g/mol. The number of Topliss-reactive ketones (excluding diaryl/α,β-unsaturated/α-hetero) is 1. The SMILES string of the molecule is CC1C(=O)NC(=O)CN1CC(=O)c1ccc(F)cc1. The summed E-state index contributed by atoms with van der Waals surface area (Å²) in [6, 6.07) is 4.62. The maximum Gasteiger partial charge on any atom is 0.243 e. The molecular weight excluding hydrogens is 251 g/mol. The molecule has 1 unspecified atom stereocenters. The lowest BCUT2D eigenvalue weighted by Gasteiger charge is -2.30. The number of piperazine rings is 1. The molecule has 2 amide bonds. The number of benzene rings is 1. The molecule has 0 radical (unpaired) electrons. The van der Waals surface area contributed by atoms with Crippen molar-refractivity contribution in [1.29, 1.82) is 0 Å². The maximum atomic E-state index is 12.8. The van der Waals surface area contributed by atoms with Gasteiger partial charge in [-0.25, -0.2) is 4.39 Å². The van der Waals surface area contributed by atoms with Crippen LogP contribution in [0.15, 0.2) is 24.3 Å². The molecule has 2 rings (SSSR count). The molecule has 1 aromatic rings. The Morgan fingerprint density at radius 2 is 2.00 bits per heavy atom. The Kier molecular flexibility index (Phi) is 3.71. The minimum Gasteiger partial charge on any atom is -0.294 e. The normalized spacial score (nSPS) is 20.2. The van der Waals surface area contributed by atoms with Gasteiger partial charge in [0.2, 0.25) is 11.8 Å². The van der Waals surface area contributed by atoms with Crippen molar-refractivity contribution < 1.29 is 18.8 Å². The molecule has 6 heteroatoms. The van der Waals surface area contributed by atoms with Gasteiger partial charge in [-0.05, 0) is 31.2 Å². The van der Waals surface area contributed by atoms with Crippen molar-refractivity contribution in [3.8, 4) is 0 Å². The number of carbonyl (C=O) groups excluding carboxylic acids is 3. The highest BCUT2D eigenvalue weighted by Gasteiger charge is 2.31. The zero-order valence-corrected chi connectivity index (χ0v) is 10.4. The molecule has 19 heavy (non-hydrogen) atoms. The zero-order chi connectivity index (χ0) is 14.0. The molecule has 1 fully saturated rings. The van der Waals surface area contributed by atoms with Gasteiger partial charge in [-0.15, -0.1) is 0 Å². The van der Waals surface area contributed by atoms with Crippen molar-refractivity contribution in [2.45, 2.75) is 13.0 Å². The van der Waals surface area contributed by atoms with Crippen molar-refractivity contribution in [1.82, 2.24) is 10.2 Å². The fourth-order valence-electron chi connectivity index (χ4n) is 1.87. The van der Waals surface area contributed by atoms with Gasteiger partial charge in [-0.2, -0.15) is 0 Å². The second-order valence-electron chi connectivity index (χ2n) is 4.42. The number of imide groups is 1. The first-order valence-corrected chi connectivity index (χ1v) is 5.84. The van der Waals surface area contributed by atoms with Gasteiger partial charge in [-0.3, -0.25) is 24.6 Å². The second kappa shape index (κ2) is 5.27. The van der Waals surface area contributed by atoms with Crippen molar-refractivity contribution in [3.05, 3.63) is 35.6 Å². The van der Waals surface area contributed by atoms with Gasteiger partial charge in [0.1, 0.15) is 5.82 Å². The molecule has 100 valence electrons. The summed E-state index contributed by atoms with van der Waals surface area (Å²) in [6.07, 6.45) is 0. The third-order valence-electron chi connectivity index (χ3n) is 3.05. The summed E-state index contributed by atoms with van der Waals surface area (Å²) in [5, 5.41) is 2.20. The van der Waals surface area contributed by atoms with Crippen LogP contribution >= 0.6 is 0 Å². The average molecular weight is 264 g/mol. The molecule has 0 bridgehead atoms. The number of halogens is 1. The van der Waals surface area contributed by atoms with Gasteiger partial charge in [0.15, 0.2) is 5.78 Å². The molecule has 1 atom stereocenters. The standard InChI is InChI=1S/C13H13FN2O3/c1-8-13(19)15-12(18)7-16(8)6-11(17)9-2-4-10(14)5-3-9/h2-5,8H,6-7H2,1H3,(H,15,18,19). The number of rotatable bonds is 3. The van der Waals surface area contributed by atoms with E-state index in [1.54, 1.807) is 6.92 Å². The molecule has 1 aromatic carbocycles. The van der Waals surface area contributed by atoms with E-state index in [1.165, 1.54) is 29.2 Å². The first-order chi connectivity index (χ1) is 8.97. The van der Waals surface area contributed by atoms with E-state index in [9.17, 15) is 18.8 Å². The van der Waals surface area contributed by atoms with E-state index in [0.29, 0.717) is 5.56 Å². The number of hydrogen-bond donors (Lipinski definition) is 1. The summed E-state index contributed by atoms with van der Waals surface area (Å²) in [4.78, 5) is 36.2. The Morgan fingerprint density at radius 1 is 1.37 bits per heavy atom. The second-order valence-corrected chi connectivity index (χ2v) is 4.42. The van der Waals surface area contributed by atoms with Crippen molar-refractivity contribution >= 4 is 17.6 Å². The van der Waals surface area contributed by atoms with Gasteiger partial charge >= 0.3 is 0 Å². The van der Waals surface area contributed by atoms with E-state index in [2.05, 4.69) is 5.32 Å². The number of amides is 2. The van der Waals surface area contributed by atoms with Crippen LogP contribution < -0.4 is 5.32 Å². The Hall–Kier alpha value is -2.08. The van der Waals surface area contributed by atoms with Gasteiger partial charge in [0.25, 0.3) is 0 Å². The molecular formula is C13H13FN2O3. The van der Waals surface area contributed by atoms with Crippen LogP contribution in [-0.2, 0) is 9.59 Å². The molecule has 0 aromatic heterocycles. The number of hydrogen-bond acceptors (Lipinski definition) is 4. The highest BCUT2D eigenvalue weighted by molar-refractivity contribution is 6.03. The van der Waals surface area contributed by atoms with Gasteiger partial charge in [-0.1, -0.05) is 0 Å². The predicted molar refractivity (Wildman–Crippen MR) is 64.9 cm³/mol. The predicted octanol–water partition coefficient (Wildman–Crippen LogP) is 0.355. The minimum absolute atomic E-state index is 0.000157. The Labute approximate surface area is 109 Å². The maximum absolute atomic E-state index is 12.8. The van der Waals surface area contributed by atoms with E-state index >= 15 is 0 Å². The number of nitrogens with zero attached hydrogens (tertiary/aromatic N) is 1. The van der Waals surface area contributed by atoms with Crippen LogP contribution in [-0.4, -0.2) is 41.6 Å². The topological polar surface area (TPSA) is 66.5 Å². The molecule has 1 heterocycles. The van der Waals surface area contributed by atoms with E-state index < -0.39 is 23.7 Å². The molecule has 0 saturated carbocycles. The van der Waals surface area contributed by atoms with Crippen LogP contribution in [0.4, 0.5) is 4.39 Å². The zero-order valence-electron chi connectivity index (χ0n) is 10.4. The third-order valence-corrected chi connectivity index (χ3v) is 3.05. The van der Waals surface area contributed by atoms with E-state index in [-0.39, 0.29) is 18.9 Å². The smallest absolute Gasteiger partial charge is 0.243 e. The largest absolute Gasteiger partial charge is 0.294 e. The van der Waals surface area contributed by atoms with Crippen LogP contribution in [0.1, 0.15) is 17.3 Å². The lowest BCUT2D eigenvalue weighted by molar-refractivity contribution is -0.139. The molecule has 1 aliphatic heterocycles. The molecule has 0 aliphatic carbocycles. The fourth-order valence-corrected chi connectivity index (χ4v) is 1.87. The lowest BCUT2D eigenvalue weighted by Crippen LogP contribution is -2.57. The van der Waals surface area contributed by atoms with E-state index in [1.807, 2.05) is 0 Å². The summed E-state index contributed by atoms with van der Waals surface area (Å²) >= 11 is 0. The van der Waals surface area contributed by atoms with Crippen molar-refractivity contribution in [2.24, 2.45) is 0 Å². The van der Waals surface area contributed by atoms with Gasteiger partial charge in [0.05, 0.1) is 19.1 Å². The number of carbonyl (C=O) groups is 3. The van der Waals surface area contributed by atoms with Crippen molar-refractivity contribution in [3.63, 3.8) is 0 Å². The van der Waals surface area contributed by atoms with Gasteiger partial charge in [0, 0.05) is 5.56 Å². The summed E-state index contributed by atoms with van der Waals surface area (Å²) in [7, 11) is 0. The molecule has 1 aliphatic rings. The molecule has 1 N–H and O–H groups in total. The van der Waals surface area contributed by atoms with E-state index in [0.717, 1.165) is 0 Å². The Balaban J connectivity index is 2.07. The fraction of sp³-hybridized carbons (Fsp3) is 0.308. The highest BCUT2D eigenvalue weighted by atomic mass is 19.1. The minimum atomic E-state index is -0.540. The van der Waals surface area contributed by atoms with Crippen molar-refractivity contribution in [2.75, 3.05) is 13.1 Å². The van der Waals surface area contributed by atoms with Crippen LogP contribution in [0.25, 0.3) is 0 Å². The van der Waals surface area contributed by atoms with E-state index in [4.69, 9.17) is 0 Å². The van der Waals surface area contributed by atoms with Crippen LogP contribution in [0.3, 0.4) is 0 Å². The Morgan fingerprint density at radius 3 is 2.63 bits per heavy atom. The van der Waals surface area contributed by atoms with Gasteiger partial charge < -0.3 is 0 Å². The van der Waals surface area contributed by atoms with Crippen LogP contribution in [0, 0.1) is 5.82 Å². The number of nitrogens with one attached hydrogen (secondary N) is 1. The molecule has 5 nitrogen and oxygen atoms in total. The molecule has 0 spiro atoms. The third kappa shape index (κ3) is 3.03. The van der Waals surface area contributed by atoms with Crippen LogP contribution in [0.2, 0.25) is 0 Å². The summed E-state index contributed by atoms with van der Waals surface area (Å²) < 4.78 is 12.8. The number of ketones is 1. The summed E-state index contributed by atoms with van der Waals surface area (Å²) in [6.45, 7) is 1.57. The quantitative estimate of drug-likeness (QED) is 0.632. The Bertz CT molecular complexity index is 527. The highest BCUT2D eigenvalue weighted by Crippen LogP contribution is 2.09. The lowest BCUT2D eigenvalue weighted by atomic mass is 10.1. The first-order valence-electron chi connectivity index (χ1n) is 5.84. The molecule has 1 saturated heterocycles. The van der Waals surface area contributed by atoms with Crippen LogP contribution in [0.5, 0.6) is 0 Å².